The average molecular weight is 356 g/mol. The fourth-order valence-corrected chi connectivity index (χ4v) is 2.83. The third-order valence-corrected chi connectivity index (χ3v) is 4.07. The summed E-state index contributed by atoms with van der Waals surface area (Å²) in [6.07, 6.45) is 1.64. The van der Waals surface area contributed by atoms with E-state index in [0.717, 1.165) is 11.1 Å². The second kappa shape index (κ2) is 7.61. The van der Waals surface area contributed by atoms with Gasteiger partial charge in [-0.25, -0.2) is 0 Å². The Bertz CT molecular complexity index is 978. The van der Waals surface area contributed by atoms with E-state index in [-0.39, 0.29) is 17.8 Å². The smallest absolute Gasteiger partial charge is 0.322 e. The van der Waals surface area contributed by atoms with Crippen LogP contribution in [0.25, 0.3) is 11.6 Å². The highest BCUT2D eigenvalue weighted by atomic mass is 16.4. The largest absolute Gasteiger partial charge is 0.401 e. The number of carbonyl (C=O) groups excluding carboxylic acids is 1. The lowest BCUT2D eigenvalue weighted by Crippen LogP contribution is -2.22. The van der Waals surface area contributed by atoms with Crippen LogP contribution < -0.4 is 5.32 Å². The van der Waals surface area contributed by atoms with Crippen LogP contribution in [0.3, 0.4) is 0 Å². The first kappa shape index (κ1) is 16.7. The molecule has 0 spiro atoms. The summed E-state index contributed by atoms with van der Waals surface area (Å²) in [4.78, 5) is 17.2. The van der Waals surface area contributed by atoms with Gasteiger partial charge in [-0.2, -0.15) is 0 Å². The number of anilines is 1. The summed E-state index contributed by atoms with van der Waals surface area (Å²) >= 11 is 0. The Kier molecular flexibility index (Phi) is 4.70. The lowest BCUT2D eigenvalue weighted by atomic mass is 9.90. The van der Waals surface area contributed by atoms with Crippen LogP contribution in [0.15, 0.2) is 89.5 Å². The van der Waals surface area contributed by atoms with Crippen molar-refractivity contribution >= 4 is 11.9 Å². The molecule has 0 aliphatic rings. The molecule has 2 aromatic carbocycles. The van der Waals surface area contributed by atoms with Gasteiger partial charge in [-0.3, -0.25) is 15.1 Å². The van der Waals surface area contributed by atoms with Crippen LogP contribution in [0.1, 0.15) is 17.0 Å². The number of nitrogens with one attached hydrogen (secondary N) is 1. The number of hydrogen-bond acceptors (Lipinski definition) is 5. The molecule has 6 heteroatoms. The van der Waals surface area contributed by atoms with Gasteiger partial charge >= 0.3 is 6.01 Å². The van der Waals surface area contributed by atoms with Crippen molar-refractivity contribution in [2.24, 2.45) is 0 Å². The predicted molar refractivity (Wildman–Crippen MR) is 101 cm³/mol. The van der Waals surface area contributed by atoms with Crippen molar-refractivity contribution in [2.75, 3.05) is 5.32 Å². The lowest BCUT2D eigenvalue weighted by molar-refractivity contribution is -0.116. The highest BCUT2D eigenvalue weighted by Gasteiger charge is 2.24. The minimum Gasteiger partial charge on any atom is -0.401 e. The molecule has 2 aromatic heterocycles. The maximum atomic E-state index is 13.0. The molecular formula is C21H16N4O2. The van der Waals surface area contributed by atoms with Gasteiger partial charge in [0.1, 0.15) is 5.69 Å². The Morgan fingerprint density at radius 3 is 2.04 bits per heavy atom. The van der Waals surface area contributed by atoms with Crippen LogP contribution in [-0.4, -0.2) is 21.1 Å². The third kappa shape index (κ3) is 3.74. The van der Waals surface area contributed by atoms with Crippen molar-refractivity contribution in [3.63, 3.8) is 0 Å². The highest BCUT2D eigenvalue weighted by molar-refractivity contribution is 5.96. The molecule has 0 saturated carbocycles. The molecule has 27 heavy (non-hydrogen) atoms. The summed E-state index contributed by atoms with van der Waals surface area (Å²) in [5.74, 6) is -0.483. The van der Waals surface area contributed by atoms with Crippen LogP contribution in [-0.2, 0) is 4.79 Å². The van der Waals surface area contributed by atoms with Gasteiger partial charge in [-0.1, -0.05) is 71.8 Å². The van der Waals surface area contributed by atoms with Gasteiger partial charge in [0.05, 0.1) is 5.92 Å². The molecule has 4 aromatic rings. The molecule has 0 aliphatic heterocycles. The van der Waals surface area contributed by atoms with E-state index in [1.165, 1.54) is 0 Å². The molecule has 2 heterocycles. The van der Waals surface area contributed by atoms with E-state index in [1.807, 2.05) is 66.7 Å². The zero-order valence-corrected chi connectivity index (χ0v) is 14.3. The number of aromatic nitrogens is 3. The molecule has 1 N–H and O–H groups in total. The van der Waals surface area contributed by atoms with Crippen LogP contribution in [0.2, 0.25) is 0 Å². The molecular weight excluding hydrogens is 340 g/mol. The maximum absolute atomic E-state index is 13.0. The highest BCUT2D eigenvalue weighted by Crippen LogP contribution is 2.26. The van der Waals surface area contributed by atoms with E-state index < -0.39 is 5.92 Å². The topological polar surface area (TPSA) is 80.9 Å². The Morgan fingerprint density at radius 2 is 1.44 bits per heavy atom. The van der Waals surface area contributed by atoms with Gasteiger partial charge in [-0.15, -0.1) is 5.10 Å². The third-order valence-electron chi connectivity index (χ3n) is 4.07. The Labute approximate surface area is 155 Å². The van der Waals surface area contributed by atoms with Crippen LogP contribution >= 0.6 is 0 Å². The van der Waals surface area contributed by atoms with Crippen LogP contribution in [0.5, 0.6) is 0 Å². The van der Waals surface area contributed by atoms with Crippen molar-refractivity contribution in [1.82, 2.24) is 15.2 Å². The monoisotopic (exact) mass is 356 g/mol. The van der Waals surface area contributed by atoms with Crippen LogP contribution in [0, 0.1) is 0 Å². The fourth-order valence-electron chi connectivity index (χ4n) is 2.83. The van der Waals surface area contributed by atoms with E-state index >= 15 is 0 Å². The number of rotatable bonds is 5. The summed E-state index contributed by atoms with van der Waals surface area (Å²) in [5, 5.41) is 10.6. The quantitative estimate of drug-likeness (QED) is 0.586. The van der Waals surface area contributed by atoms with E-state index in [1.54, 1.807) is 18.3 Å². The molecule has 0 bridgehead atoms. The lowest BCUT2D eigenvalue weighted by Gasteiger charge is -2.16. The summed E-state index contributed by atoms with van der Waals surface area (Å²) in [7, 11) is 0. The number of hydrogen-bond donors (Lipinski definition) is 1. The van der Waals surface area contributed by atoms with Gasteiger partial charge in [0.25, 0.3) is 5.89 Å². The molecule has 0 radical (unpaired) electrons. The standard InChI is InChI=1S/C21H16N4O2/c26-19(23-21-25-24-20(27-21)17-13-7-8-14-22-17)18(15-9-3-1-4-10-15)16-11-5-2-6-12-16/h1-14,18H,(H,23,25,26). The molecule has 4 rings (SSSR count). The minimum absolute atomic E-state index is 0.0394. The predicted octanol–water partition coefficient (Wildman–Crippen LogP) is 3.90. The van der Waals surface area contributed by atoms with Gasteiger partial charge < -0.3 is 4.42 Å². The molecule has 0 fully saturated rings. The van der Waals surface area contributed by atoms with Gasteiger partial charge in [0, 0.05) is 6.20 Å². The van der Waals surface area contributed by atoms with Gasteiger partial charge in [0.15, 0.2) is 0 Å². The van der Waals surface area contributed by atoms with E-state index in [4.69, 9.17) is 4.42 Å². The number of benzene rings is 2. The van der Waals surface area contributed by atoms with E-state index in [9.17, 15) is 4.79 Å². The minimum atomic E-state index is -0.488. The van der Waals surface area contributed by atoms with Crippen molar-refractivity contribution in [2.45, 2.75) is 5.92 Å². The van der Waals surface area contributed by atoms with Crippen molar-refractivity contribution in [1.29, 1.82) is 0 Å². The summed E-state index contributed by atoms with van der Waals surface area (Å²) in [5.41, 5.74) is 2.31. The first-order chi connectivity index (χ1) is 13.3. The second-order valence-electron chi connectivity index (χ2n) is 5.87. The molecule has 0 aliphatic carbocycles. The SMILES string of the molecule is O=C(Nc1nnc(-c2ccccn2)o1)C(c1ccccc1)c1ccccc1. The number of amides is 1. The molecule has 132 valence electrons. The van der Waals surface area contributed by atoms with Crippen molar-refractivity contribution in [3.8, 4) is 11.6 Å². The first-order valence-electron chi connectivity index (χ1n) is 8.47. The zero-order chi connectivity index (χ0) is 18.5. The Hall–Kier alpha value is -3.80. The average Bonchev–Trinajstić information content (AvgIpc) is 3.19. The fraction of sp³-hybridized carbons (Fsp3) is 0.0476. The summed E-state index contributed by atoms with van der Waals surface area (Å²) in [6, 6.07) is 24.6. The number of carbonyl (C=O) groups is 1. The number of nitrogens with zero attached hydrogens (tertiary/aromatic N) is 3. The molecule has 0 saturated heterocycles. The summed E-state index contributed by atoms with van der Waals surface area (Å²) < 4.78 is 5.55. The first-order valence-corrected chi connectivity index (χ1v) is 8.47. The van der Waals surface area contributed by atoms with Gasteiger partial charge in [-0.05, 0) is 23.3 Å². The Balaban J connectivity index is 1.61. The van der Waals surface area contributed by atoms with Crippen molar-refractivity contribution in [3.05, 3.63) is 96.2 Å². The summed E-state index contributed by atoms with van der Waals surface area (Å²) in [6.45, 7) is 0. The van der Waals surface area contributed by atoms with Crippen LogP contribution in [0.4, 0.5) is 6.01 Å². The second-order valence-corrected chi connectivity index (χ2v) is 5.87. The Morgan fingerprint density at radius 1 is 0.815 bits per heavy atom. The molecule has 0 atom stereocenters. The molecule has 0 unspecified atom stereocenters. The van der Waals surface area contributed by atoms with E-state index in [0.29, 0.717) is 5.69 Å². The van der Waals surface area contributed by atoms with E-state index in [2.05, 4.69) is 20.5 Å². The maximum Gasteiger partial charge on any atom is 0.322 e. The molecule has 6 nitrogen and oxygen atoms in total. The normalized spacial score (nSPS) is 10.7. The van der Waals surface area contributed by atoms with Gasteiger partial charge in [0.2, 0.25) is 5.91 Å². The molecule has 1 amide bonds. The zero-order valence-electron chi connectivity index (χ0n) is 14.3. The van der Waals surface area contributed by atoms with Crippen molar-refractivity contribution < 1.29 is 9.21 Å². The number of pyridine rings is 1.